The van der Waals surface area contributed by atoms with Crippen molar-refractivity contribution in [1.29, 1.82) is 0 Å². The van der Waals surface area contributed by atoms with Gasteiger partial charge in [0.25, 0.3) is 10.0 Å². The van der Waals surface area contributed by atoms with Crippen molar-refractivity contribution < 1.29 is 18.3 Å². The molecule has 0 amide bonds. The molecule has 1 aromatic heterocycles. The van der Waals surface area contributed by atoms with E-state index in [2.05, 4.69) is 4.98 Å². The summed E-state index contributed by atoms with van der Waals surface area (Å²) in [5.74, 6) is -1.28. The van der Waals surface area contributed by atoms with Crippen LogP contribution >= 0.6 is 0 Å². The highest BCUT2D eigenvalue weighted by Gasteiger charge is 2.31. The van der Waals surface area contributed by atoms with Gasteiger partial charge in [0, 0.05) is 11.9 Å². The third kappa shape index (κ3) is 3.95. The number of nitrogens with two attached hydrogens (primary N) is 1. The molecule has 0 radical (unpaired) electrons. The van der Waals surface area contributed by atoms with Gasteiger partial charge in [-0.1, -0.05) is 12.1 Å². The minimum absolute atomic E-state index is 0.0157. The smallest absolute Gasteiger partial charge is 0.324 e. The molecule has 3 N–H and O–H groups in total. The maximum Gasteiger partial charge on any atom is 0.324 e. The molecule has 1 heterocycles. The molecule has 0 aliphatic rings. The second-order valence-corrected chi connectivity index (χ2v) is 8.62. The Hall–Kier alpha value is -3.33. The summed E-state index contributed by atoms with van der Waals surface area (Å²) in [6, 6.07) is 9.76. The molecule has 2 aromatic carbocycles. The zero-order chi connectivity index (χ0) is 21.3. The standard InChI is InChI=1S/C20H22N4O4S/c1-13-5-4-6-17(21)20(13)24(11-19(25)26)29(27,28)18-8-7-16(9-14(18)2)23-10-15(3)22-12-23/h4-10,12H,11,21H2,1-3H3,(H,25,26). The van der Waals surface area contributed by atoms with Crippen LogP contribution in [-0.4, -0.2) is 35.6 Å². The monoisotopic (exact) mass is 414 g/mol. The zero-order valence-electron chi connectivity index (χ0n) is 16.3. The van der Waals surface area contributed by atoms with E-state index in [1.54, 1.807) is 55.1 Å². The normalized spacial score (nSPS) is 11.4. The van der Waals surface area contributed by atoms with Crippen LogP contribution in [-0.2, 0) is 14.8 Å². The van der Waals surface area contributed by atoms with Gasteiger partial charge < -0.3 is 15.4 Å². The first-order chi connectivity index (χ1) is 13.6. The molecule has 3 aromatic rings. The topological polar surface area (TPSA) is 119 Å². The van der Waals surface area contributed by atoms with Gasteiger partial charge >= 0.3 is 5.97 Å². The molecule has 0 fully saturated rings. The number of benzene rings is 2. The predicted octanol–water partition coefficient (Wildman–Crippen LogP) is 2.66. The number of imidazole rings is 1. The van der Waals surface area contributed by atoms with E-state index in [0.29, 0.717) is 11.1 Å². The first-order valence-corrected chi connectivity index (χ1v) is 10.3. The highest BCUT2D eigenvalue weighted by Crippen LogP contribution is 2.33. The van der Waals surface area contributed by atoms with E-state index in [1.807, 2.05) is 13.1 Å². The quantitative estimate of drug-likeness (QED) is 0.599. The lowest BCUT2D eigenvalue weighted by Gasteiger charge is -2.26. The molecular formula is C20H22N4O4S. The number of nitrogens with zero attached hydrogens (tertiary/aromatic N) is 3. The van der Waals surface area contributed by atoms with Crippen molar-refractivity contribution in [1.82, 2.24) is 9.55 Å². The Morgan fingerprint density at radius 1 is 1.17 bits per heavy atom. The number of hydrogen-bond acceptors (Lipinski definition) is 5. The van der Waals surface area contributed by atoms with Crippen LogP contribution in [0.5, 0.6) is 0 Å². The fourth-order valence-electron chi connectivity index (χ4n) is 3.19. The Morgan fingerprint density at radius 2 is 1.90 bits per heavy atom. The van der Waals surface area contributed by atoms with Crippen LogP contribution < -0.4 is 10.0 Å². The van der Waals surface area contributed by atoms with E-state index in [-0.39, 0.29) is 16.3 Å². The van der Waals surface area contributed by atoms with Crippen LogP contribution in [0.2, 0.25) is 0 Å². The van der Waals surface area contributed by atoms with E-state index in [4.69, 9.17) is 5.73 Å². The van der Waals surface area contributed by atoms with Crippen molar-refractivity contribution in [3.8, 4) is 5.69 Å². The lowest BCUT2D eigenvalue weighted by Crippen LogP contribution is -2.37. The maximum absolute atomic E-state index is 13.4. The number of aromatic nitrogens is 2. The van der Waals surface area contributed by atoms with Crippen LogP contribution in [0, 0.1) is 20.8 Å². The van der Waals surface area contributed by atoms with Crippen LogP contribution in [0.3, 0.4) is 0 Å². The Balaban J connectivity index is 2.12. The molecule has 9 heteroatoms. The van der Waals surface area contributed by atoms with E-state index >= 15 is 0 Å². The average Bonchev–Trinajstić information content (AvgIpc) is 3.06. The fourth-order valence-corrected chi connectivity index (χ4v) is 4.91. The largest absolute Gasteiger partial charge is 0.480 e. The SMILES string of the molecule is Cc1cn(-c2ccc(S(=O)(=O)N(CC(=O)O)c3c(C)cccc3N)c(C)c2)cn1. The van der Waals surface area contributed by atoms with Crippen molar-refractivity contribution >= 4 is 27.4 Å². The van der Waals surface area contributed by atoms with Crippen molar-refractivity contribution in [2.75, 3.05) is 16.6 Å². The summed E-state index contributed by atoms with van der Waals surface area (Å²) in [5, 5.41) is 9.34. The number of anilines is 2. The fraction of sp³-hybridized carbons (Fsp3) is 0.200. The predicted molar refractivity (Wildman–Crippen MR) is 111 cm³/mol. The summed E-state index contributed by atoms with van der Waals surface area (Å²) in [6.07, 6.45) is 3.47. The highest BCUT2D eigenvalue weighted by molar-refractivity contribution is 7.93. The summed E-state index contributed by atoms with van der Waals surface area (Å²) < 4.78 is 29.5. The summed E-state index contributed by atoms with van der Waals surface area (Å²) in [6.45, 7) is 4.48. The summed E-state index contributed by atoms with van der Waals surface area (Å²) in [5.41, 5.74) is 9.00. The zero-order valence-corrected chi connectivity index (χ0v) is 17.1. The number of carboxylic acid groups (broad SMARTS) is 1. The Morgan fingerprint density at radius 3 is 2.45 bits per heavy atom. The van der Waals surface area contributed by atoms with E-state index in [0.717, 1.165) is 15.7 Å². The van der Waals surface area contributed by atoms with Gasteiger partial charge in [-0.3, -0.25) is 9.10 Å². The third-order valence-corrected chi connectivity index (χ3v) is 6.44. The van der Waals surface area contributed by atoms with Crippen LogP contribution in [0.4, 0.5) is 11.4 Å². The average molecular weight is 414 g/mol. The summed E-state index contributed by atoms with van der Waals surface area (Å²) >= 11 is 0. The molecule has 152 valence electrons. The highest BCUT2D eigenvalue weighted by atomic mass is 32.2. The molecule has 0 saturated carbocycles. The minimum atomic E-state index is -4.17. The number of para-hydroxylation sites is 1. The molecule has 0 bridgehead atoms. The van der Waals surface area contributed by atoms with Crippen LogP contribution in [0.1, 0.15) is 16.8 Å². The van der Waals surface area contributed by atoms with Crippen LogP contribution in [0.15, 0.2) is 53.8 Å². The first-order valence-electron chi connectivity index (χ1n) is 8.82. The van der Waals surface area contributed by atoms with Crippen molar-refractivity contribution in [3.63, 3.8) is 0 Å². The molecule has 0 aliphatic carbocycles. The number of rotatable bonds is 6. The summed E-state index contributed by atoms with van der Waals surface area (Å²) in [4.78, 5) is 15.6. The third-order valence-electron chi connectivity index (χ3n) is 4.53. The van der Waals surface area contributed by atoms with Crippen molar-refractivity contribution in [2.24, 2.45) is 0 Å². The lowest BCUT2D eigenvalue weighted by atomic mass is 10.1. The minimum Gasteiger partial charge on any atom is -0.480 e. The number of nitrogen functional groups attached to an aromatic ring is 1. The Kier molecular flexibility index (Phi) is 5.34. The Bertz CT molecular complexity index is 1160. The maximum atomic E-state index is 13.4. The van der Waals surface area contributed by atoms with E-state index in [1.165, 1.54) is 6.07 Å². The molecule has 8 nitrogen and oxygen atoms in total. The molecule has 0 saturated heterocycles. The van der Waals surface area contributed by atoms with Crippen molar-refractivity contribution in [3.05, 3.63) is 65.7 Å². The molecule has 29 heavy (non-hydrogen) atoms. The van der Waals surface area contributed by atoms with E-state index in [9.17, 15) is 18.3 Å². The van der Waals surface area contributed by atoms with Gasteiger partial charge in [0.15, 0.2) is 0 Å². The molecule has 0 atom stereocenters. The molecule has 3 rings (SSSR count). The van der Waals surface area contributed by atoms with Crippen LogP contribution in [0.25, 0.3) is 5.69 Å². The number of carboxylic acids is 1. The molecule has 0 spiro atoms. The van der Waals surface area contributed by atoms with Gasteiger partial charge in [-0.05, 0) is 56.2 Å². The van der Waals surface area contributed by atoms with Gasteiger partial charge in [0.1, 0.15) is 6.54 Å². The van der Waals surface area contributed by atoms with Gasteiger partial charge in [0.05, 0.1) is 28.3 Å². The second-order valence-electron chi connectivity index (χ2n) is 6.79. The second kappa shape index (κ2) is 7.59. The number of aliphatic carboxylic acids is 1. The number of carbonyl (C=O) groups is 1. The van der Waals surface area contributed by atoms with Gasteiger partial charge in [0.2, 0.25) is 0 Å². The number of aryl methyl sites for hydroxylation is 3. The van der Waals surface area contributed by atoms with Crippen molar-refractivity contribution in [2.45, 2.75) is 25.7 Å². The van der Waals surface area contributed by atoms with Gasteiger partial charge in [-0.2, -0.15) is 0 Å². The van der Waals surface area contributed by atoms with Gasteiger partial charge in [-0.25, -0.2) is 13.4 Å². The number of sulfonamides is 1. The molecule has 0 unspecified atom stereocenters. The summed E-state index contributed by atoms with van der Waals surface area (Å²) in [7, 11) is -4.17. The molecule has 0 aliphatic heterocycles. The van der Waals surface area contributed by atoms with Gasteiger partial charge in [-0.15, -0.1) is 0 Å². The lowest BCUT2D eigenvalue weighted by molar-refractivity contribution is -0.135. The van der Waals surface area contributed by atoms with E-state index < -0.39 is 22.5 Å². The Labute approximate surface area is 169 Å². The molecular weight excluding hydrogens is 392 g/mol. The number of hydrogen-bond donors (Lipinski definition) is 2. The first kappa shape index (κ1) is 20.4.